The molecule has 1 fully saturated rings. The summed E-state index contributed by atoms with van der Waals surface area (Å²) in [6.07, 6.45) is 5.12. The van der Waals surface area contributed by atoms with Gasteiger partial charge in [-0.25, -0.2) is 4.79 Å². The molecular formula is C27H32N2O3. The maximum Gasteiger partial charge on any atom is 0.410 e. The number of benzene rings is 2. The highest BCUT2D eigenvalue weighted by molar-refractivity contribution is 5.89. The van der Waals surface area contributed by atoms with Crippen LogP contribution in [-0.2, 0) is 11.2 Å². The van der Waals surface area contributed by atoms with Crippen LogP contribution in [0.4, 0.5) is 10.5 Å². The first-order valence-corrected chi connectivity index (χ1v) is 11.8. The highest BCUT2D eigenvalue weighted by Gasteiger charge is 2.45. The first-order valence-electron chi connectivity index (χ1n) is 11.8. The predicted molar refractivity (Wildman–Crippen MR) is 127 cm³/mol. The number of fused-ring (bicyclic) bond motifs is 3. The van der Waals surface area contributed by atoms with Gasteiger partial charge in [0.05, 0.1) is 0 Å². The molecule has 168 valence electrons. The average Bonchev–Trinajstić information content (AvgIpc) is 2.92. The molecule has 2 aromatic carbocycles. The van der Waals surface area contributed by atoms with Gasteiger partial charge in [0.2, 0.25) is 0 Å². The van der Waals surface area contributed by atoms with Gasteiger partial charge in [0.15, 0.2) is 6.29 Å². The Hall–Kier alpha value is -2.82. The number of ether oxygens (including phenoxy) is 1. The lowest BCUT2D eigenvalue weighted by Crippen LogP contribution is -2.49. The molecule has 0 aromatic heterocycles. The monoisotopic (exact) mass is 432 g/mol. The van der Waals surface area contributed by atoms with Gasteiger partial charge in [0, 0.05) is 42.8 Å². The number of hydrogen-bond donors (Lipinski definition) is 0. The van der Waals surface area contributed by atoms with Crippen molar-refractivity contribution in [2.75, 3.05) is 24.5 Å². The topological polar surface area (TPSA) is 49.9 Å². The van der Waals surface area contributed by atoms with Crippen molar-refractivity contribution >= 4 is 18.1 Å². The number of amides is 1. The van der Waals surface area contributed by atoms with Crippen molar-refractivity contribution in [3.63, 3.8) is 0 Å². The smallest absolute Gasteiger partial charge is 0.410 e. The van der Waals surface area contributed by atoms with Crippen molar-refractivity contribution in [3.8, 4) is 11.1 Å². The Morgan fingerprint density at radius 3 is 2.72 bits per heavy atom. The van der Waals surface area contributed by atoms with Crippen molar-refractivity contribution in [2.24, 2.45) is 0 Å². The van der Waals surface area contributed by atoms with Crippen LogP contribution in [-0.4, -0.2) is 48.6 Å². The maximum absolute atomic E-state index is 12.8. The first kappa shape index (κ1) is 21.0. The molecule has 5 rings (SSSR count). The fourth-order valence-electron chi connectivity index (χ4n) is 5.71. The summed E-state index contributed by atoms with van der Waals surface area (Å²) in [7, 11) is 0. The lowest BCUT2D eigenvalue weighted by atomic mass is 9.86. The molecule has 0 spiro atoms. The van der Waals surface area contributed by atoms with Gasteiger partial charge < -0.3 is 14.5 Å². The largest absolute Gasteiger partial charge is 0.444 e. The summed E-state index contributed by atoms with van der Waals surface area (Å²) in [6.45, 7) is 8.24. The highest BCUT2D eigenvalue weighted by Crippen LogP contribution is 2.49. The molecule has 0 bridgehead atoms. The van der Waals surface area contributed by atoms with Crippen LogP contribution in [0.2, 0.25) is 0 Å². The average molecular weight is 433 g/mol. The lowest BCUT2D eigenvalue weighted by Gasteiger charge is -2.39. The second-order valence-electron chi connectivity index (χ2n) is 10.3. The van der Waals surface area contributed by atoms with E-state index in [0.29, 0.717) is 12.6 Å². The quantitative estimate of drug-likeness (QED) is 0.595. The lowest BCUT2D eigenvalue weighted by molar-refractivity contribution is 0.0189. The third-order valence-electron chi connectivity index (χ3n) is 7.03. The van der Waals surface area contributed by atoms with Gasteiger partial charge in [-0.3, -0.25) is 4.79 Å². The molecule has 1 saturated heterocycles. The number of carbonyl (C=O) groups is 2. The van der Waals surface area contributed by atoms with Crippen LogP contribution in [0.15, 0.2) is 36.4 Å². The highest BCUT2D eigenvalue weighted by atomic mass is 16.6. The summed E-state index contributed by atoms with van der Waals surface area (Å²) < 4.78 is 5.68. The summed E-state index contributed by atoms with van der Waals surface area (Å²) in [5.74, 6) is 0.270. The summed E-state index contributed by atoms with van der Waals surface area (Å²) in [5, 5.41) is 0. The van der Waals surface area contributed by atoms with Crippen LogP contribution in [0.25, 0.3) is 11.1 Å². The Labute approximate surface area is 190 Å². The van der Waals surface area contributed by atoms with E-state index in [2.05, 4.69) is 17.0 Å². The molecule has 3 heterocycles. The van der Waals surface area contributed by atoms with Gasteiger partial charge in [-0.2, -0.15) is 0 Å². The molecule has 3 aliphatic rings. The van der Waals surface area contributed by atoms with Gasteiger partial charge in [-0.1, -0.05) is 24.3 Å². The SMILES string of the molecule is CC(C)(C)OC(=O)N1CC[C@H]2[C@@H](C1)c1cc(-c3ccccc3C=O)cc3c1N2CCCC3. The molecule has 1 amide bonds. The van der Waals surface area contributed by atoms with Crippen molar-refractivity contribution < 1.29 is 14.3 Å². The molecular weight excluding hydrogens is 400 g/mol. The summed E-state index contributed by atoms with van der Waals surface area (Å²) >= 11 is 0. The minimum atomic E-state index is -0.493. The number of rotatable bonds is 2. The van der Waals surface area contributed by atoms with Crippen LogP contribution in [0.1, 0.15) is 67.4 Å². The number of likely N-dealkylation sites (tertiary alicyclic amines) is 1. The Bertz CT molecular complexity index is 1060. The molecule has 0 unspecified atom stereocenters. The zero-order chi connectivity index (χ0) is 22.5. The predicted octanol–water partition coefficient (Wildman–Crippen LogP) is 5.42. The molecule has 0 aliphatic carbocycles. The van der Waals surface area contributed by atoms with Crippen LogP contribution in [0.5, 0.6) is 0 Å². The van der Waals surface area contributed by atoms with Crippen molar-refractivity contribution in [2.45, 2.75) is 64.0 Å². The zero-order valence-corrected chi connectivity index (χ0v) is 19.3. The molecule has 3 aliphatic heterocycles. The van der Waals surface area contributed by atoms with E-state index in [4.69, 9.17) is 4.74 Å². The molecule has 0 saturated carbocycles. The van der Waals surface area contributed by atoms with E-state index in [1.165, 1.54) is 29.7 Å². The number of hydrogen-bond acceptors (Lipinski definition) is 4. The van der Waals surface area contributed by atoms with Crippen LogP contribution in [0.3, 0.4) is 0 Å². The van der Waals surface area contributed by atoms with Crippen molar-refractivity contribution in [1.29, 1.82) is 0 Å². The van der Waals surface area contributed by atoms with E-state index < -0.39 is 5.60 Å². The second-order valence-corrected chi connectivity index (χ2v) is 10.3. The molecule has 5 heteroatoms. The molecule has 5 nitrogen and oxygen atoms in total. The molecule has 0 radical (unpaired) electrons. The maximum atomic E-state index is 12.8. The number of nitrogens with zero attached hydrogens (tertiary/aromatic N) is 2. The fourth-order valence-corrected chi connectivity index (χ4v) is 5.71. The number of anilines is 1. The normalized spacial score (nSPS) is 22.1. The number of aryl methyl sites for hydroxylation is 1. The van der Waals surface area contributed by atoms with E-state index in [1.807, 2.05) is 49.9 Å². The standard InChI is InChI=1S/C27H32N2O3/c1-27(2,3)32-26(31)28-13-11-24-23(16-28)22-15-20(21-10-5-4-9-19(21)17-30)14-18-8-6-7-12-29(24)25(18)22/h4-5,9-10,14-15,17,23-24H,6-8,11-13,16H2,1-3H3/t23-,24-/m0/s1. The zero-order valence-electron chi connectivity index (χ0n) is 19.3. The third kappa shape index (κ3) is 3.68. The second kappa shape index (κ2) is 7.95. The molecule has 0 N–H and O–H groups in total. The number of carbonyl (C=O) groups excluding carboxylic acids is 2. The number of piperidine rings is 1. The van der Waals surface area contributed by atoms with E-state index in [1.54, 1.807) is 0 Å². The molecule has 2 atom stereocenters. The Morgan fingerprint density at radius 2 is 1.94 bits per heavy atom. The van der Waals surface area contributed by atoms with Crippen LogP contribution in [0, 0.1) is 0 Å². The summed E-state index contributed by atoms with van der Waals surface area (Å²) in [6, 6.07) is 12.8. The van der Waals surface area contributed by atoms with Crippen LogP contribution < -0.4 is 4.90 Å². The van der Waals surface area contributed by atoms with E-state index >= 15 is 0 Å². The molecule has 32 heavy (non-hydrogen) atoms. The Balaban J connectivity index is 1.56. The van der Waals surface area contributed by atoms with Gasteiger partial charge in [-0.15, -0.1) is 0 Å². The Kier molecular flexibility index (Phi) is 5.23. The Morgan fingerprint density at radius 1 is 1.12 bits per heavy atom. The van der Waals surface area contributed by atoms with Gasteiger partial charge >= 0.3 is 6.09 Å². The van der Waals surface area contributed by atoms with Gasteiger partial charge in [-0.05, 0) is 80.8 Å². The van der Waals surface area contributed by atoms with Gasteiger partial charge in [0.1, 0.15) is 5.60 Å². The number of aldehydes is 1. The van der Waals surface area contributed by atoms with Crippen LogP contribution >= 0.6 is 0 Å². The molecule has 2 aromatic rings. The van der Waals surface area contributed by atoms with Crippen molar-refractivity contribution in [3.05, 3.63) is 53.1 Å². The van der Waals surface area contributed by atoms with E-state index in [-0.39, 0.29) is 12.0 Å². The minimum absolute atomic E-state index is 0.217. The summed E-state index contributed by atoms with van der Waals surface area (Å²) in [4.78, 5) is 29.0. The van der Waals surface area contributed by atoms with Gasteiger partial charge in [0.25, 0.3) is 0 Å². The summed E-state index contributed by atoms with van der Waals surface area (Å²) in [5.41, 5.74) is 6.42. The van der Waals surface area contributed by atoms with Crippen molar-refractivity contribution in [1.82, 2.24) is 4.90 Å². The third-order valence-corrected chi connectivity index (χ3v) is 7.03. The fraction of sp³-hybridized carbons (Fsp3) is 0.481. The van der Waals surface area contributed by atoms with E-state index in [0.717, 1.165) is 48.9 Å². The first-order chi connectivity index (χ1) is 15.4. The van der Waals surface area contributed by atoms with E-state index in [9.17, 15) is 9.59 Å². The minimum Gasteiger partial charge on any atom is -0.444 e.